The monoisotopic (exact) mass is 395 g/mol. The first kappa shape index (κ1) is 17.1. The van der Waals surface area contributed by atoms with Crippen LogP contribution in [0.1, 0.15) is 18.1 Å². The molecule has 0 aliphatic carbocycles. The number of aromatic nitrogens is 1. The summed E-state index contributed by atoms with van der Waals surface area (Å²) in [6, 6.07) is 16.4. The lowest BCUT2D eigenvalue weighted by atomic mass is 9.97. The summed E-state index contributed by atoms with van der Waals surface area (Å²) in [7, 11) is 0. The molecule has 0 fully saturated rings. The van der Waals surface area contributed by atoms with Gasteiger partial charge in [-0.15, -0.1) is 0 Å². The fourth-order valence-electron chi connectivity index (χ4n) is 2.66. The molecular weight excluding hydrogens is 381 g/mol. The standard InChI is InChI=1S/C20H15BrFN3/c1-2-12-3-5-13(6-4-12)19-10-16(17(11-23)20(24)25-19)15-8-7-14(21)9-18(15)22/h3-10H,2H2,1H3,(H2,24,25). The number of pyridine rings is 1. The number of hydrogen-bond acceptors (Lipinski definition) is 3. The van der Waals surface area contributed by atoms with Gasteiger partial charge in [-0.3, -0.25) is 0 Å². The van der Waals surface area contributed by atoms with Gasteiger partial charge < -0.3 is 5.73 Å². The third-order valence-electron chi connectivity index (χ3n) is 4.04. The van der Waals surface area contributed by atoms with Gasteiger partial charge in [-0.05, 0) is 30.2 Å². The van der Waals surface area contributed by atoms with Crippen LogP contribution in [-0.4, -0.2) is 4.98 Å². The fraction of sp³-hybridized carbons (Fsp3) is 0.100. The highest BCUT2D eigenvalue weighted by molar-refractivity contribution is 9.10. The normalized spacial score (nSPS) is 10.5. The summed E-state index contributed by atoms with van der Waals surface area (Å²) in [5, 5.41) is 9.43. The summed E-state index contributed by atoms with van der Waals surface area (Å²) >= 11 is 3.24. The zero-order valence-corrected chi connectivity index (χ0v) is 15.1. The summed E-state index contributed by atoms with van der Waals surface area (Å²) in [5.41, 5.74) is 9.60. The largest absolute Gasteiger partial charge is 0.383 e. The van der Waals surface area contributed by atoms with Crippen LogP contribution in [0.4, 0.5) is 10.2 Å². The number of nitrogen functional groups attached to an aromatic ring is 1. The molecule has 1 heterocycles. The number of rotatable bonds is 3. The highest BCUT2D eigenvalue weighted by Crippen LogP contribution is 2.33. The maximum atomic E-state index is 14.4. The molecule has 0 spiro atoms. The van der Waals surface area contributed by atoms with Crippen molar-refractivity contribution in [1.29, 1.82) is 5.26 Å². The van der Waals surface area contributed by atoms with Gasteiger partial charge in [0.25, 0.3) is 0 Å². The van der Waals surface area contributed by atoms with Crippen molar-refractivity contribution < 1.29 is 4.39 Å². The van der Waals surface area contributed by atoms with Crippen molar-refractivity contribution in [2.45, 2.75) is 13.3 Å². The lowest BCUT2D eigenvalue weighted by Gasteiger charge is -2.11. The smallest absolute Gasteiger partial charge is 0.142 e. The molecule has 0 amide bonds. The Labute approximate surface area is 154 Å². The van der Waals surface area contributed by atoms with Gasteiger partial charge in [0.15, 0.2) is 0 Å². The molecule has 3 aromatic rings. The maximum absolute atomic E-state index is 14.4. The minimum absolute atomic E-state index is 0.0943. The maximum Gasteiger partial charge on any atom is 0.142 e. The predicted octanol–water partition coefficient (Wildman–Crippen LogP) is 5.33. The molecule has 2 N–H and O–H groups in total. The van der Waals surface area contributed by atoms with Crippen LogP contribution in [0, 0.1) is 17.1 Å². The van der Waals surface area contributed by atoms with Crippen LogP contribution in [0.25, 0.3) is 22.4 Å². The summed E-state index contributed by atoms with van der Waals surface area (Å²) in [6.07, 6.45) is 0.943. The number of halogens is 2. The minimum atomic E-state index is -0.427. The fourth-order valence-corrected chi connectivity index (χ4v) is 2.99. The van der Waals surface area contributed by atoms with Gasteiger partial charge in [-0.2, -0.15) is 5.26 Å². The number of nitrogens with zero attached hydrogens (tertiary/aromatic N) is 2. The molecule has 124 valence electrons. The van der Waals surface area contributed by atoms with Gasteiger partial charge in [0.05, 0.1) is 5.69 Å². The molecule has 0 saturated carbocycles. The van der Waals surface area contributed by atoms with Gasteiger partial charge >= 0.3 is 0 Å². The molecule has 1 aromatic heterocycles. The molecule has 0 unspecified atom stereocenters. The van der Waals surface area contributed by atoms with E-state index in [1.807, 2.05) is 30.3 Å². The van der Waals surface area contributed by atoms with Crippen LogP contribution in [0.2, 0.25) is 0 Å². The first-order chi connectivity index (χ1) is 12.0. The zero-order valence-electron chi connectivity index (χ0n) is 13.6. The summed E-state index contributed by atoms with van der Waals surface area (Å²) < 4.78 is 15.0. The molecule has 0 radical (unpaired) electrons. The van der Waals surface area contributed by atoms with Crippen molar-refractivity contribution in [2.24, 2.45) is 0 Å². The lowest BCUT2D eigenvalue weighted by molar-refractivity contribution is 0.630. The second kappa shape index (κ2) is 7.04. The average Bonchev–Trinajstić information content (AvgIpc) is 2.61. The van der Waals surface area contributed by atoms with Crippen molar-refractivity contribution in [3.63, 3.8) is 0 Å². The van der Waals surface area contributed by atoms with Crippen LogP contribution in [-0.2, 0) is 6.42 Å². The van der Waals surface area contributed by atoms with Crippen LogP contribution in [0.5, 0.6) is 0 Å². The van der Waals surface area contributed by atoms with Crippen molar-refractivity contribution in [1.82, 2.24) is 4.98 Å². The van der Waals surface area contributed by atoms with E-state index in [1.165, 1.54) is 11.6 Å². The Hall–Kier alpha value is -2.71. The Bertz CT molecular complexity index is 975. The van der Waals surface area contributed by atoms with Crippen LogP contribution in [0.15, 0.2) is 53.0 Å². The van der Waals surface area contributed by atoms with Crippen LogP contribution in [0.3, 0.4) is 0 Å². The zero-order chi connectivity index (χ0) is 18.0. The molecule has 0 bridgehead atoms. The molecule has 3 rings (SSSR count). The number of nitriles is 1. The van der Waals surface area contributed by atoms with Crippen molar-refractivity contribution in [3.8, 4) is 28.5 Å². The topological polar surface area (TPSA) is 62.7 Å². The van der Waals surface area contributed by atoms with Crippen molar-refractivity contribution in [2.75, 3.05) is 5.73 Å². The highest BCUT2D eigenvalue weighted by Gasteiger charge is 2.16. The average molecular weight is 396 g/mol. The van der Waals surface area contributed by atoms with Gasteiger partial charge in [-0.1, -0.05) is 53.2 Å². The van der Waals surface area contributed by atoms with E-state index in [-0.39, 0.29) is 11.4 Å². The van der Waals surface area contributed by atoms with E-state index < -0.39 is 5.82 Å². The summed E-state index contributed by atoms with van der Waals surface area (Å²) in [5.74, 6) is -0.333. The molecule has 0 aliphatic heterocycles. The quantitative estimate of drug-likeness (QED) is 0.651. The summed E-state index contributed by atoms with van der Waals surface area (Å²) in [6.45, 7) is 2.08. The van der Waals surface area contributed by atoms with E-state index >= 15 is 0 Å². The molecule has 5 heteroatoms. The molecule has 25 heavy (non-hydrogen) atoms. The Morgan fingerprint density at radius 3 is 2.44 bits per heavy atom. The van der Waals surface area contributed by atoms with E-state index in [2.05, 4.69) is 27.8 Å². The molecule has 2 aromatic carbocycles. The highest BCUT2D eigenvalue weighted by atomic mass is 79.9. The van der Waals surface area contributed by atoms with E-state index in [0.717, 1.165) is 12.0 Å². The second-order valence-electron chi connectivity index (χ2n) is 5.60. The van der Waals surface area contributed by atoms with Crippen molar-refractivity contribution >= 4 is 21.7 Å². The number of anilines is 1. The van der Waals surface area contributed by atoms with Crippen molar-refractivity contribution in [3.05, 3.63) is 69.9 Å². The number of benzene rings is 2. The van der Waals surface area contributed by atoms with E-state index in [4.69, 9.17) is 5.73 Å². The summed E-state index contributed by atoms with van der Waals surface area (Å²) in [4.78, 5) is 4.33. The number of nitrogens with two attached hydrogens (primary N) is 1. The Kier molecular flexibility index (Phi) is 4.82. The van der Waals surface area contributed by atoms with Gasteiger partial charge in [-0.25, -0.2) is 9.37 Å². The van der Waals surface area contributed by atoms with Gasteiger partial charge in [0.2, 0.25) is 0 Å². The van der Waals surface area contributed by atoms with E-state index in [9.17, 15) is 9.65 Å². The van der Waals surface area contributed by atoms with Crippen LogP contribution >= 0.6 is 15.9 Å². The minimum Gasteiger partial charge on any atom is -0.383 e. The van der Waals surface area contributed by atoms with E-state index in [0.29, 0.717) is 21.3 Å². The molecular formula is C20H15BrFN3. The molecule has 0 aliphatic rings. The van der Waals surface area contributed by atoms with Gasteiger partial charge in [0, 0.05) is 21.2 Å². The Balaban J connectivity index is 2.20. The number of hydrogen-bond donors (Lipinski definition) is 1. The first-order valence-corrected chi connectivity index (χ1v) is 8.58. The Morgan fingerprint density at radius 2 is 1.84 bits per heavy atom. The number of aryl methyl sites for hydroxylation is 1. The third-order valence-corrected chi connectivity index (χ3v) is 4.53. The van der Waals surface area contributed by atoms with Gasteiger partial charge in [0.1, 0.15) is 23.3 Å². The Morgan fingerprint density at radius 1 is 1.12 bits per heavy atom. The predicted molar refractivity (Wildman–Crippen MR) is 101 cm³/mol. The first-order valence-electron chi connectivity index (χ1n) is 7.78. The molecule has 0 atom stereocenters. The SMILES string of the molecule is CCc1ccc(-c2cc(-c3ccc(Br)cc3F)c(C#N)c(N)n2)cc1. The molecule has 0 saturated heterocycles. The van der Waals surface area contributed by atoms with Crippen LogP contribution < -0.4 is 5.73 Å². The lowest BCUT2D eigenvalue weighted by Crippen LogP contribution is -2.00. The van der Waals surface area contributed by atoms with E-state index in [1.54, 1.807) is 18.2 Å². The third kappa shape index (κ3) is 3.40. The molecule has 3 nitrogen and oxygen atoms in total. The second-order valence-corrected chi connectivity index (χ2v) is 6.52.